The summed E-state index contributed by atoms with van der Waals surface area (Å²) in [5.41, 5.74) is 5.33. The molecule has 148 valence electrons. The Morgan fingerprint density at radius 1 is 1.00 bits per heavy atom. The molecule has 0 radical (unpaired) electrons. The third-order valence-corrected chi connectivity index (χ3v) is 4.63. The van der Waals surface area contributed by atoms with Gasteiger partial charge in [0.15, 0.2) is 11.5 Å². The van der Waals surface area contributed by atoms with E-state index in [1.54, 1.807) is 13.3 Å². The maximum absolute atomic E-state index is 12.0. The van der Waals surface area contributed by atoms with Crippen molar-refractivity contribution in [1.29, 1.82) is 0 Å². The van der Waals surface area contributed by atoms with Gasteiger partial charge in [0.2, 0.25) is 5.91 Å². The monoisotopic (exact) mass is 452 g/mol. The summed E-state index contributed by atoms with van der Waals surface area (Å²) < 4.78 is 12.2. The molecule has 0 bridgehead atoms. The minimum absolute atomic E-state index is 0.182. The van der Waals surface area contributed by atoms with Crippen LogP contribution in [0.2, 0.25) is 0 Å². The van der Waals surface area contributed by atoms with E-state index < -0.39 is 0 Å². The molecule has 1 amide bonds. The Balaban J connectivity index is 1.56. The quantitative estimate of drug-likeness (QED) is 0.396. The second-order valence-electron chi connectivity index (χ2n) is 6.28. The zero-order valence-electron chi connectivity index (χ0n) is 16.0. The van der Waals surface area contributed by atoms with E-state index in [2.05, 4.69) is 26.5 Å². The second kappa shape index (κ2) is 10.4. The van der Waals surface area contributed by atoms with Gasteiger partial charge in [-0.2, -0.15) is 5.10 Å². The third kappa shape index (κ3) is 6.47. The molecule has 3 aromatic rings. The minimum Gasteiger partial charge on any atom is -0.493 e. The van der Waals surface area contributed by atoms with Gasteiger partial charge in [-0.1, -0.05) is 58.4 Å². The molecule has 0 aliphatic heterocycles. The molecule has 29 heavy (non-hydrogen) atoms. The van der Waals surface area contributed by atoms with Gasteiger partial charge in [0, 0.05) is 4.47 Å². The summed E-state index contributed by atoms with van der Waals surface area (Å²) in [4.78, 5) is 12.0. The summed E-state index contributed by atoms with van der Waals surface area (Å²) in [6.07, 6.45) is 1.84. The summed E-state index contributed by atoms with van der Waals surface area (Å²) in [5, 5.41) is 4.02. The first-order valence-electron chi connectivity index (χ1n) is 9.05. The molecule has 0 aromatic heterocycles. The lowest BCUT2D eigenvalue weighted by atomic mass is 10.1. The average Bonchev–Trinajstić information content (AvgIpc) is 2.75. The fourth-order valence-corrected chi connectivity index (χ4v) is 2.89. The van der Waals surface area contributed by atoms with E-state index in [-0.39, 0.29) is 12.3 Å². The van der Waals surface area contributed by atoms with Crippen LogP contribution in [-0.2, 0) is 17.8 Å². The lowest BCUT2D eigenvalue weighted by molar-refractivity contribution is -0.120. The van der Waals surface area contributed by atoms with Gasteiger partial charge in [0.05, 0.1) is 19.7 Å². The number of nitrogens with zero attached hydrogens (tertiary/aromatic N) is 1. The highest BCUT2D eigenvalue weighted by Crippen LogP contribution is 2.28. The minimum atomic E-state index is -0.182. The molecule has 0 saturated carbocycles. The van der Waals surface area contributed by atoms with Crippen molar-refractivity contribution in [2.75, 3.05) is 7.11 Å². The number of ether oxygens (including phenoxy) is 2. The molecular weight excluding hydrogens is 432 g/mol. The van der Waals surface area contributed by atoms with E-state index in [0.29, 0.717) is 18.1 Å². The van der Waals surface area contributed by atoms with E-state index in [0.717, 1.165) is 21.2 Å². The Hall–Kier alpha value is -3.12. The zero-order valence-corrected chi connectivity index (χ0v) is 17.6. The number of benzene rings is 3. The lowest BCUT2D eigenvalue weighted by Gasteiger charge is -2.11. The van der Waals surface area contributed by atoms with Crippen LogP contribution in [0.4, 0.5) is 0 Å². The third-order valence-electron chi connectivity index (χ3n) is 4.11. The van der Waals surface area contributed by atoms with Crippen molar-refractivity contribution in [3.63, 3.8) is 0 Å². The number of amides is 1. The molecule has 0 heterocycles. The average molecular weight is 453 g/mol. The van der Waals surface area contributed by atoms with Crippen molar-refractivity contribution >= 4 is 28.1 Å². The van der Waals surface area contributed by atoms with Gasteiger partial charge in [-0.05, 0) is 47.0 Å². The van der Waals surface area contributed by atoms with E-state index in [1.807, 2.05) is 72.8 Å². The SMILES string of the molecule is COc1cc(/C=N\NC(=O)Cc2ccc(Br)cc2)ccc1OCc1ccccc1. The van der Waals surface area contributed by atoms with Crippen LogP contribution in [0, 0.1) is 0 Å². The van der Waals surface area contributed by atoms with Gasteiger partial charge in [-0.15, -0.1) is 0 Å². The van der Waals surface area contributed by atoms with Crippen LogP contribution in [0.5, 0.6) is 11.5 Å². The molecule has 5 nitrogen and oxygen atoms in total. The standard InChI is InChI=1S/C23H21BrN2O3/c1-28-22-13-19(9-12-21(22)29-16-18-5-3-2-4-6-18)15-25-26-23(27)14-17-7-10-20(24)11-8-17/h2-13,15H,14,16H2,1H3,(H,26,27)/b25-15-. The van der Waals surface area contributed by atoms with Gasteiger partial charge in [0.1, 0.15) is 6.61 Å². The largest absolute Gasteiger partial charge is 0.493 e. The molecular formula is C23H21BrN2O3. The van der Waals surface area contributed by atoms with Crippen molar-refractivity contribution in [3.05, 3.63) is 94.0 Å². The second-order valence-corrected chi connectivity index (χ2v) is 7.20. The number of carbonyl (C=O) groups excluding carboxylic acids is 1. The summed E-state index contributed by atoms with van der Waals surface area (Å²) in [5.74, 6) is 1.07. The molecule has 0 unspecified atom stereocenters. The number of hydrazone groups is 1. The van der Waals surface area contributed by atoms with Gasteiger partial charge in [-0.3, -0.25) is 4.79 Å². The Labute approximate surface area is 178 Å². The molecule has 3 rings (SSSR count). The first-order valence-corrected chi connectivity index (χ1v) is 9.84. The van der Waals surface area contributed by atoms with Gasteiger partial charge < -0.3 is 9.47 Å². The van der Waals surface area contributed by atoms with Crippen molar-refractivity contribution in [2.45, 2.75) is 13.0 Å². The van der Waals surface area contributed by atoms with E-state index in [4.69, 9.17) is 9.47 Å². The number of rotatable bonds is 8. The highest BCUT2D eigenvalue weighted by Gasteiger charge is 2.06. The van der Waals surface area contributed by atoms with Crippen molar-refractivity contribution in [1.82, 2.24) is 5.43 Å². The number of hydrogen-bond acceptors (Lipinski definition) is 4. The highest BCUT2D eigenvalue weighted by atomic mass is 79.9. The van der Waals surface area contributed by atoms with Crippen LogP contribution in [-0.4, -0.2) is 19.2 Å². The van der Waals surface area contributed by atoms with Crippen molar-refractivity contribution in [2.24, 2.45) is 5.10 Å². The first-order chi connectivity index (χ1) is 14.1. The maximum Gasteiger partial charge on any atom is 0.244 e. The normalized spacial score (nSPS) is 10.7. The summed E-state index contributed by atoms with van der Waals surface area (Å²) >= 11 is 3.37. The van der Waals surface area contributed by atoms with Crippen LogP contribution in [0.1, 0.15) is 16.7 Å². The summed E-state index contributed by atoms with van der Waals surface area (Å²) in [7, 11) is 1.59. The van der Waals surface area contributed by atoms with Crippen molar-refractivity contribution in [3.8, 4) is 11.5 Å². The number of halogens is 1. The smallest absolute Gasteiger partial charge is 0.244 e. The Bertz CT molecular complexity index is 973. The molecule has 0 atom stereocenters. The summed E-state index contributed by atoms with van der Waals surface area (Å²) in [6.45, 7) is 0.455. The number of hydrogen-bond donors (Lipinski definition) is 1. The van der Waals surface area contributed by atoms with Crippen molar-refractivity contribution < 1.29 is 14.3 Å². The maximum atomic E-state index is 12.0. The topological polar surface area (TPSA) is 59.9 Å². The number of carbonyl (C=O) groups is 1. The highest BCUT2D eigenvalue weighted by molar-refractivity contribution is 9.10. The van der Waals surface area contributed by atoms with Crippen LogP contribution >= 0.6 is 15.9 Å². The molecule has 3 aromatic carbocycles. The Morgan fingerprint density at radius 3 is 2.48 bits per heavy atom. The van der Waals surface area contributed by atoms with Gasteiger partial charge in [-0.25, -0.2) is 5.43 Å². The van der Waals surface area contributed by atoms with Gasteiger partial charge >= 0.3 is 0 Å². The van der Waals surface area contributed by atoms with E-state index in [9.17, 15) is 4.79 Å². The van der Waals surface area contributed by atoms with Crippen LogP contribution in [0.15, 0.2) is 82.4 Å². The molecule has 0 aliphatic rings. The lowest BCUT2D eigenvalue weighted by Crippen LogP contribution is -2.19. The number of methoxy groups -OCH3 is 1. The Morgan fingerprint density at radius 2 is 1.76 bits per heavy atom. The summed E-state index contributed by atoms with van der Waals surface area (Å²) in [6, 6.07) is 23.0. The van der Waals surface area contributed by atoms with Gasteiger partial charge in [0.25, 0.3) is 0 Å². The fraction of sp³-hybridized carbons (Fsp3) is 0.130. The van der Waals surface area contributed by atoms with E-state index >= 15 is 0 Å². The van der Waals surface area contributed by atoms with Crippen LogP contribution in [0.3, 0.4) is 0 Å². The molecule has 0 spiro atoms. The van der Waals surface area contributed by atoms with Crippen LogP contribution in [0.25, 0.3) is 0 Å². The van der Waals surface area contributed by atoms with E-state index in [1.165, 1.54) is 0 Å². The van der Waals surface area contributed by atoms with Crippen LogP contribution < -0.4 is 14.9 Å². The zero-order chi connectivity index (χ0) is 20.5. The predicted octanol–water partition coefficient (Wildman–Crippen LogP) is 4.73. The molecule has 0 aliphatic carbocycles. The molecule has 6 heteroatoms. The first kappa shape index (κ1) is 20.6. The molecule has 0 fully saturated rings. The number of nitrogens with one attached hydrogen (secondary N) is 1. The molecule has 1 N–H and O–H groups in total. The Kier molecular flexibility index (Phi) is 7.41. The fourth-order valence-electron chi connectivity index (χ4n) is 2.63. The predicted molar refractivity (Wildman–Crippen MR) is 117 cm³/mol. The molecule has 0 saturated heterocycles.